The van der Waals surface area contributed by atoms with Crippen LogP contribution in [0.1, 0.15) is 17.2 Å². The number of rotatable bonds is 2. The van der Waals surface area contributed by atoms with E-state index in [-0.39, 0.29) is 0 Å². The molecule has 1 N–H and O–H groups in total. The number of benzene rings is 2. The molecule has 0 radical (unpaired) electrons. The first-order valence-corrected chi connectivity index (χ1v) is 7.59. The Hall–Kier alpha value is -1.17. The standard InChI is InChI=1S/C16H11ClINO/c17-13-9-10(6-7-14(13)18)16(20)12-3-1-5-15-11(12)4-2-8-19-15/h1-9,16,20H. The van der Waals surface area contributed by atoms with Crippen LogP contribution in [0, 0.1) is 3.57 Å². The van der Waals surface area contributed by atoms with Crippen LogP contribution in [0.25, 0.3) is 10.9 Å². The maximum Gasteiger partial charge on any atom is 0.105 e. The number of halogens is 2. The van der Waals surface area contributed by atoms with Gasteiger partial charge in [0, 0.05) is 15.2 Å². The van der Waals surface area contributed by atoms with Gasteiger partial charge in [0.1, 0.15) is 6.10 Å². The molecule has 4 heteroatoms. The minimum atomic E-state index is -0.711. The molecular weight excluding hydrogens is 385 g/mol. The molecule has 0 aliphatic heterocycles. The minimum Gasteiger partial charge on any atom is -0.384 e. The Morgan fingerprint density at radius 3 is 2.75 bits per heavy atom. The zero-order valence-corrected chi connectivity index (χ0v) is 13.3. The van der Waals surface area contributed by atoms with Crippen LogP contribution in [-0.4, -0.2) is 10.1 Å². The van der Waals surface area contributed by atoms with Crippen LogP contribution in [-0.2, 0) is 0 Å². The Kier molecular flexibility index (Phi) is 3.92. The molecular formula is C16H11ClINO. The van der Waals surface area contributed by atoms with Gasteiger partial charge < -0.3 is 5.11 Å². The summed E-state index contributed by atoms with van der Waals surface area (Å²) in [7, 11) is 0. The average Bonchev–Trinajstić information content (AvgIpc) is 2.49. The van der Waals surface area contributed by atoms with Gasteiger partial charge in [0.05, 0.1) is 10.5 Å². The van der Waals surface area contributed by atoms with Crippen LogP contribution < -0.4 is 0 Å². The van der Waals surface area contributed by atoms with Crippen LogP contribution >= 0.6 is 34.2 Å². The normalized spacial score (nSPS) is 12.6. The number of aromatic nitrogens is 1. The molecule has 0 amide bonds. The van der Waals surface area contributed by atoms with Gasteiger partial charge in [0.25, 0.3) is 0 Å². The molecule has 1 atom stereocenters. The van der Waals surface area contributed by atoms with Crippen LogP contribution in [0.3, 0.4) is 0 Å². The molecule has 1 heterocycles. The molecule has 0 bridgehead atoms. The van der Waals surface area contributed by atoms with Crippen molar-refractivity contribution in [1.29, 1.82) is 0 Å². The lowest BCUT2D eigenvalue weighted by Crippen LogP contribution is -2.01. The predicted molar refractivity (Wildman–Crippen MR) is 90.0 cm³/mol. The zero-order chi connectivity index (χ0) is 14.1. The molecule has 2 nitrogen and oxygen atoms in total. The van der Waals surface area contributed by atoms with Gasteiger partial charge >= 0.3 is 0 Å². The van der Waals surface area contributed by atoms with E-state index >= 15 is 0 Å². The number of fused-ring (bicyclic) bond motifs is 1. The third kappa shape index (κ3) is 2.53. The van der Waals surface area contributed by atoms with Crippen molar-refractivity contribution < 1.29 is 5.11 Å². The van der Waals surface area contributed by atoms with E-state index in [1.54, 1.807) is 6.20 Å². The first-order chi connectivity index (χ1) is 9.66. The first kappa shape index (κ1) is 13.8. The van der Waals surface area contributed by atoms with E-state index < -0.39 is 6.10 Å². The summed E-state index contributed by atoms with van der Waals surface area (Å²) < 4.78 is 0.972. The van der Waals surface area contributed by atoms with Crippen molar-refractivity contribution in [2.75, 3.05) is 0 Å². The van der Waals surface area contributed by atoms with Crippen LogP contribution in [0.15, 0.2) is 54.7 Å². The first-order valence-electron chi connectivity index (χ1n) is 6.13. The van der Waals surface area contributed by atoms with Crippen molar-refractivity contribution in [3.8, 4) is 0 Å². The topological polar surface area (TPSA) is 33.1 Å². The maximum atomic E-state index is 10.6. The smallest absolute Gasteiger partial charge is 0.105 e. The van der Waals surface area contributed by atoms with Crippen molar-refractivity contribution in [2.45, 2.75) is 6.10 Å². The third-order valence-electron chi connectivity index (χ3n) is 3.23. The number of hydrogen-bond donors (Lipinski definition) is 1. The number of hydrogen-bond acceptors (Lipinski definition) is 2. The molecule has 20 heavy (non-hydrogen) atoms. The van der Waals surface area contributed by atoms with E-state index in [9.17, 15) is 5.11 Å². The fraction of sp³-hybridized carbons (Fsp3) is 0.0625. The molecule has 3 aromatic rings. The second-order valence-corrected chi connectivity index (χ2v) is 6.06. The van der Waals surface area contributed by atoms with Crippen molar-refractivity contribution in [3.63, 3.8) is 0 Å². The molecule has 1 aromatic heterocycles. The largest absolute Gasteiger partial charge is 0.384 e. The lowest BCUT2D eigenvalue weighted by atomic mass is 9.98. The van der Waals surface area contributed by atoms with Gasteiger partial charge in [0.15, 0.2) is 0 Å². The van der Waals surface area contributed by atoms with E-state index in [0.29, 0.717) is 5.02 Å². The predicted octanol–water partition coefficient (Wildman–Crippen LogP) is 4.57. The third-order valence-corrected chi connectivity index (χ3v) is 4.81. The summed E-state index contributed by atoms with van der Waals surface area (Å²) in [4.78, 5) is 4.31. The van der Waals surface area contributed by atoms with Crippen molar-refractivity contribution in [2.24, 2.45) is 0 Å². The van der Waals surface area contributed by atoms with Gasteiger partial charge in [-0.15, -0.1) is 0 Å². The number of aliphatic hydroxyl groups excluding tert-OH is 1. The molecule has 0 spiro atoms. The maximum absolute atomic E-state index is 10.6. The van der Waals surface area contributed by atoms with Gasteiger partial charge in [-0.1, -0.05) is 35.9 Å². The van der Waals surface area contributed by atoms with Crippen molar-refractivity contribution in [3.05, 3.63) is 74.4 Å². The van der Waals surface area contributed by atoms with E-state index in [4.69, 9.17) is 11.6 Å². The molecule has 0 saturated carbocycles. The molecule has 3 rings (SSSR count). The molecule has 0 fully saturated rings. The second kappa shape index (κ2) is 5.68. The molecule has 2 aromatic carbocycles. The van der Waals surface area contributed by atoms with E-state index in [0.717, 1.165) is 25.6 Å². The highest BCUT2D eigenvalue weighted by Gasteiger charge is 2.14. The Balaban J connectivity index is 2.12. The van der Waals surface area contributed by atoms with Gasteiger partial charge in [-0.25, -0.2) is 0 Å². The summed E-state index contributed by atoms with van der Waals surface area (Å²) in [6.45, 7) is 0. The Bertz CT molecular complexity index is 770. The summed E-state index contributed by atoms with van der Waals surface area (Å²) in [5.74, 6) is 0. The lowest BCUT2D eigenvalue weighted by molar-refractivity contribution is 0.222. The monoisotopic (exact) mass is 395 g/mol. The van der Waals surface area contributed by atoms with Crippen LogP contribution in [0.4, 0.5) is 0 Å². The highest BCUT2D eigenvalue weighted by atomic mass is 127. The Labute approximate surface area is 135 Å². The number of nitrogens with zero attached hydrogens (tertiary/aromatic N) is 1. The van der Waals surface area contributed by atoms with E-state index in [2.05, 4.69) is 27.6 Å². The van der Waals surface area contributed by atoms with Crippen molar-refractivity contribution in [1.82, 2.24) is 4.98 Å². The molecule has 0 aliphatic rings. The summed E-state index contributed by atoms with van der Waals surface area (Å²) in [6.07, 6.45) is 1.04. The van der Waals surface area contributed by atoms with E-state index in [1.807, 2.05) is 48.5 Å². The van der Waals surface area contributed by atoms with Gasteiger partial charge in [-0.3, -0.25) is 4.98 Å². The zero-order valence-electron chi connectivity index (χ0n) is 10.4. The van der Waals surface area contributed by atoms with Crippen LogP contribution in [0.5, 0.6) is 0 Å². The molecule has 0 saturated heterocycles. The highest BCUT2D eigenvalue weighted by Crippen LogP contribution is 2.30. The second-order valence-electron chi connectivity index (χ2n) is 4.49. The number of aliphatic hydroxyl groups is 1. The Morgan fingerprint density at radius 2 is 1.95 bits per heavy atom. The quantitative estimate of drug-likeness (QED) is 0.645. The molecule has 100 valence electrons. The summed E-state index contributed by atoms with van der Waals surface area (Å²) in [5.41, 5.74) is 2.50. The minimum absolute atomic E-state index is 0.653. The fourth-order valence-electron chi connectivity index (χ4n) is 2.23. The molecule has 0 aliphatic carbocycles. The summed E-state index contributed by atoms with van der Waals surface area (Å²) in [6, 6.07) is 15.2. The van der Waals surface area contributed by atoms with Gasteiger partial charge in [-0.2, -0.15) is 0 Å². The fourth-order valence-corrected chi connectivity index (χ4v) is 2.75. The SMILES string of the molecule is OC(c1ccc(I)c(Cl)c1)c1cccc2ncccc12. The van der Waals surface area contributed by atoms with Crippen molar-refractivity contribution >= 4 is 45.1 Å². The molecule has 1 unspecified atom stereocenters. The van der Waals surface area contributed by atoms with Gasteiger partial charge in [0.2, 0.25) is 0 Å². The Morgan fingerprint density at radius 1 is 1.10 bits per heavy atom. The highest BCUT2D eigenvalue weighted by molar-refractivity contribution is 14.1. The van der Waals surface area contributed by atoms with E-state index in [1.165, 1.54) is 0 Å². The van der Waals surface area contributed by atoms with Crippen LogP contribution in [0.2, 0.25) is 5.02 Å². The summed E-state index contributed by atoms with van der Waals surface area (Å²) >= 11 is 8.30. The van der Waals surface area contributed by atoms with Gasteiger partial charge in [-0.05, 0) is 58.0 Å². The summed E-state index contributed by atoms with van der Waals surface area (Å²) in [5, 5.41) is 12.2. The number of pyridine rings is 1. The average molecular weight is 396 g/mol. The lowest BCUT2D eigenvalue weighted by Gasteiger charge is -2.14.